The first kappa shape index (κ1) is 9.89. The lowest BCUT2D eigenvalue weighted by Gasteiger charge is -2.01. The average Bonchev–Trinajstić information content (AvgIpc) is 2.03. The zero-order chi connectivity index (χ0) is 9.14. The lowest BCUT2D eigenvalue weighted by Crippen LogP contribution is -2.13. The molecule has 64 valence electrons. The fraction of sp³-hybridized carbons (Fsp3) is 0.125. The molecule has 0 amide bonds. The fourth-order valence-corrected chi connectivity index (χ4v) is 2.09. The molecule has 0 saturated carbocycles. The van der Waals surface area contributed by atoms with Gasteiger partial charge < -0.3 is 5.73 Å². The van der Waals surface area contributed by atoms with Gasteiger partial charge in [-0.1, -0.05) is 31.9 Å². The number of benzene rings is 1. The number of halogens is 2. The minimum atomic E-state index is -0.0608. The van der Waals surface area contributed by atoms with Gasteiger partial charge in [-0.2, -0.15) is 0 Å². The Morgan fingerprint density at radius 2 is 2.08 bits per heavy atom. The van der Waals surface area contributed by atoms with Gasteiger partial charge in [0.1, 0.15) is 0 Å². The summed E-state index contributed by atoms with van der Waals surface area (Å²) >= 11 is 6.58. The maximum atomic E-state index is 11.2. The maximum absolute atomic E-state index is 11.2. The second kappa shape index (κ2) is 4.16. The Kier molecular flexibility index (Phi) is 3.43. The van der Waals surface area contributed by atoms with Crippen LogP contribution < -0.4 is 5.73 Å². The van der Waals surface area contributed by atoms with Gasteiger partial charge in [0.2, 0.25) is 0 Å². The summed E-state index contributed by atoms with van der Waals surface area (Å²) < 4.78 is 1.70. The van der Waals surface area contributed by atoms with E-state index in [1.54, 1.807) is 6.07 Å². The van der Waals surface area contributed by atoms with Crippen LogP contribution in [0.25, 0.3) is 0 Å². The summed E-state index contributed by atoms with van der Waals surface area (Å²) in [6, 6.07) is 5.37. The molecule has 1 aromatic rings. The summed E-state index contributed by atoms with van der Waals surface area (Å²) in [5, 5.41) is 0. The molecule has 0 heterocycles. The molecule has 1 rings (SSSR count). The van der Waals surface area contributed by atoms with E-state index < -0.39 is 0 Å². The zero-order valence-corrected chi connectivity index (χ0v) is 9.35. The van der Waals surface area contributed by atoms with Crippen molar-refractivity contribution in [1.82, 2.24) is 0 Å². The zero-order valence-electron chi connectivity index (χ0n) is 6.18. The van der Waals surface area contributed by atoms with Gasteiger partial charge in [0.05, 0.1) is 6.54 Å². The monoisotopic (exact) mass is 291 g/mol. The first-order valence-electron chi connectivity index (χ1n) is 3.33. The predicted octanol–water partition coefficient (Wildman–Crippen LogP) is 2.35. The lowest BCUT2D eigenvalue weighted by molar-refractivity contribution is 0.100. The number of hydrogen-bond acceptors (Lipinski definition) is 2. The highest BCUT2D eigenvalue weighted by molar-refractivity contribution is 9.11. The van der Waals surface area contributed by atoms with Gasteiger partial charge in [-0.05, 0) is 18.2 Å². The topological polar surface area (TPSA) is 43.1 Å². The minimum Gasteiger partial charge on any atom is -0.324 e. The van der Waals surface area contributed by atoms with Gasteiger partial charge in [-0.25, -0.2) is 0 Å². The van der Waals surface area contributed by atoms with Crippen LogP contribution in [-0.2, 0) is 0 Å². The number of carbonyl (C=O) groups is 1. The number of Topliss-reactive ketones (excluding diaryl/α,β-unsaturated/α-hetero) is 1. The van der Waals surface area contributed by atoms with E-state index in [0.29, 0.717) is 5.56 Å². The third-order valence-electron chi connectivity index (χ3n) is 1.42. The Balaban J connectivity index is 3.09. The lowest BCUT2D eigenvalue weighted by atomic mass is 10.1. The van der Waals surface area contributed by atoms with Crippen molar-refractivity contribution in [2.45, 2.75) is 0 Å². The van der Waals surface area contributed by atoms with Crippen molar-refractivity contribution in [2.24, 2.45) is 5.73 Å². The van der Waals surface area contributed by atoms with E-state index in [1.807, 2.05) is 12.1 Å². The Bertz CT molecular complexity index is 312. The number of rotatable bonds is 2. The van der Waals surface area contributed by atoms with E-state index in [9.17, 15) is 4.79 Å². The number of ketones is 1. The minimum absolute atomic E-state index is 0.0419. The molecule has 4 heteroatoms. The number of hydrogen-bond donors (Lipinski definition) is 1. The third kappa shape index (κ3) is 2.15. The van der Waals surface area contributed by atoms with Gasteiger partial charge >= 0.3 is 0 Å². The Morgan fingerprint density at radius 1 is 1.42 bits per heavy atom. The summed E-state index contributed by atoms with van der Waals surface area (Å²) in [7, 11) is 0. The summed E-state index contributed by atoms with van der Waals surface area (Å²) in [4.78, 5) is 11.2. The standard InChI is InChI=1S/C8H7Br2NO/c9-5-1-2-6(7(10)3-5)8(12)4-11/h1-3H,4,11H2. The van der Waals surface area contributed by atoms with Crippen LogP contribution in [0.15, 0.2) is 27.1 Å². The van der Waals surface area contributed by atoms with Gasteiger partial charge in [-0.3, -0.25) is 4.79 Å². The molecule has 2 N–H and O–H groups in total. The molecular formula is C8H7Br2NO. The van der Waals surface area contributed by atoms with E-state index in [4.69, 9.17) is 5.73 Å². The van der Waals surface area contributed by atoms with E-state index >= 15 is 0 Å². The number of carbonyl (C=O) groups excluding carboxylic acids is 1. The van der Waals surface area contributed by atoms with Crippen LogP contribution in [0.5, 0.6) is 0 Å². The molecule has 0 spiro atoms. The largest absolute Gasteiger partial charge is 0.324 e. The van der Waals surface area contributed by atoms with E-state index in [-0.39, 0.29) is 12.3 Å². The maximum Gasteiger partial charge on any atom is 0.177 e. The van der Waals surface area contributed by atoms with Crippen LogP contribution in [0.2, 0.25) is 0 Å². The molecule has 0 radical (unpaired) electrons. The van der Waals surface area contributed by atoms with Crippen molar-refractivity contribution in [3.05, 3.63) is 32.7 Å². The van der Waals surface area contributed by atoms with Crippen molar-refractivity contribution in [1.29, 1.82) is 0 Å². The smallest absolute Gasteiger partial charge is 0.177 e. The third-order valence-corrected chi connectivity index (χ3v) is 2.57. The molecule has 0 aliphatic rings. The molecule has 0 aliphatic carbocycles. The Labute approximate surface area is 87.4 Å². The highest BCUT2D eigenvalue weighted by atomic mass is 79.9. The molecule has 0 aromatic heterocycles. The van der Waals surface area contributed by atoms with Crippen molar-refractivity contribution in [3.63, 3.8) is 0 Å². The first-order chi connectivity index (χ1) is 5.65. The molecule has 0 unspecified atom stereocenters. The van der Waals surface area contributed by atoms with Crippen LogP contribution >= 0.6 is 31.9 Å². The second-order valence-electron chi connectivity index (χ2n) is 2.25. The molecule has 0 aliphatic heterocycles. The van der Waals surface area contributed by atoms with Crippen molar-refractivity contribution in [3.8, 4) is 0 Å². The molecule has 0 saturated heterocycles. The summed E-state index contributed by atoms with van der Waals surface area (Å²) in [6.07, 6.45) is 0. The van der Waals surface area contributed by atoms with Crippen LogP contribution in [0, 0.1) is 0 Å². The van der Waals surface area contributed by atoms with Gasteiger partial charge in [0.25, 0.3) is 0 Å². The van der Waals surface area contributed by atoms with Crippen molar-refractivity contribution < 1.29 is 4.79 Å². The molecule has 2 nitrogen and oxygen atoms in total. The fourth-order valence-electron chi connectivity index (χ4n) is 0.826. The molecule has 1 aromatic carbocycles. The van der Waals surface area contributed by atoms with E-state index in [2.05, 4.69) is 31.9 Å². The quantitative estimate of drug-likeness (QED) is 0.851. The molecule has 0 atom stereocenters. The van der Waals surface area contributed by atoms with Crippen LogP contribution in [0.3, 0.4) is 0 Å². The molecule has 0 bridgehead atoms. The molecule has 12 heavy (non-hydrogen) atoms. The predicted molar refractivity (Wildman–Crippen MR) is 55.2 cm³/mol. The normalized spacial score (nSPS) is 9.92. The average molecular weight is 293 g/mol. The second-order valence-corrected chi connectivity index (χ2v) is 4.02. The van der Waals surface area contributed by atoms with Crippen LogP contribution in [0.4, 0.5) is 0 Å². The van der Waals surface area contributed by atoms with Crippen molar-refractivity contribution >= 4 is 37.6 Å². The van der Waals surface area contributed by atoms with E-state index in [1.165, 1.54) is 0 Å². The molecular weight excluding hydrogens is 286 g/mol. The first-order valence-corrected chi connectivity index (χ1v) is 4.92. The van der Waals surface area contributed by atoms with E-state index in [0.717, 1.165) is 8.95 Å². The summed E-state index contributed by atoms with van der Waals surface area (Å²) in [5.41, 5.74) is 5.85. The highest BCUT2D eigenvalue weighted by Gasteiger charge is 2.07. The SMILES string of the molecule is NCC(=O)c1ccc(Br)cc1Br. The summed E-state index contributed by atoms with van der Waals surface area (Å²) in [6.45, 7) is 0.0419. The molecule has 0 fully saturated rings. The van der Waals surface area contributed by atoms with Gasteiger partial charge in [-0.15, -0.1) is 0 Å². The number of nitrogens with two attached hydrogens (primary N) is 1. The highest BCUT2D eigenvalue weighted by Crippen LogP contribution is 2.21. The Morgan fingerprint density at radius 3 is 2.58 bits per heavy atom. The van der Waals surface area contributed by atoms with Crippen molar-refractivity contribution in [2.75, 3.05) is 6.54 Å². The van der Waals surface area contributed by atoms with Crippen LogP contribution in [0.1, 0.15) is 10.4 Å². The summed E-state index contributed by atoms with van der Waals surface area (Å²) in [5.74, 6) is -0.0608. The van der Waals surface area contributed by atoms with Gasteiger partial charge in [0, 0.05) is 14.5 Å². The van der Waals surface area contributed by atoms with Gasteiger partial charge in [0.15, 0.2) is 5.78 Å². The Hall–Kier alpha value is -0.190. The van der Waals surface area contributed by atoms with Crippen LogP contribution in [-0.4, -0.2) is 12.3 Å².